The summed E-state index contributed by atoms with van der Waals surface area (Å²) in [5.74, 6) is 0. The summed E-state index contributed by atoms with van der Waals surface area (Å²) in [7, 11) is 2.23. The number of nitrogens with zero attached hydrogens (tertiary/aromatic N) is 1. The molecular formula is C15H26N2OS. The van der Waals surface area contributed by atoms with Crippen LogP contribution in [0.25, 0.3) is 0 Å². The topological polar surface area (TPSA) is 38.5 Å². The third-order valence-corrected chi connectivity index (χ3v) is 5.30. The Morgan fingerprint density at radius 3 is 2.79 bits per heavy atom. The Labute approximate surface area is 120 Å². The lowest BCUT2D eigenvalue weighted by Gasteiger charge is -2.40. The first-order chi connectivity index (χ1) is 9.15. The van der Waals surface area contributed by atoms with Crippen LogP contribution in [-0.4, -0.2) is 44.3 Å². The van der Waals surface area contributed by atoms with Crippen LogP contribution in [0.2, 0.25) is 0 Å². The van der Waals surface area contributed by atoms with Gasteiger partial charge in [-0.2, -0.15) is 0 Å². The van der Waals surface area contributed by atoms with Gasteiger partial charge in [0.15, 0.2) is 0 Å². The number of ether oxygens (including phenoxy) is 1. The molecule has 0 aliphatic carbocycles. The normalized spacial score (nSPS) is 20.6. The van der Waals surface area contributed by atoms with Crippen LogP contribution in [0.4, 0.5) is 0 Å². The van der Waals surface area contributed by atoms with Gasteiger partial charge in [0.25, 0.3) is 0 Å². The average Bonchev–Trinajstić information content (AvgIpc) is 2.92. The molecule has 1 aliphatic heterocycles. The third-order valence-electron chi connectivity index (χ3n) is 4.40. The van der Waals surface area contributed by atoms with Crippen molar-refractivity contribution in [3.05, 3.63) is 22.4 Å². The zero-order valence-electron chi connectivity index (χ0n) is 12.1. The minimum atomic E-state index is 0.261. The van der Waals surface area contributed by atoms with Gasteiger partial charge in [0, 0.05) is 30.7 Å². The quantitative estimate of drug-likeness (QED) is 0.870. The van der Waals surface area contributed by atoms with Crippen LogP contribution in [0.5, 0.6) is 0 Å². The molecule has 0 saturated carbocycles. The van der Waals surface area contributed by atoms with Gasteiger partial charge in [-0.05, 0) is 56.6 Å². The fourth-order valence-electron chi connectivity index (χ4n) is 2.79. The highest BCUT2D eigenvalue weighted by Crippen LogP contribution is 2.30. The average molecular weight is 282 g/mol. The van der Waals surface area contributed by atoms with E-state index in [0.717, 1.165) is 45.6 Å². The molecule has 1 atom stereocenters. The Kier molecular flexibility index (Phi) is 5.39. The molecule has 1 aromatic heterocycles. The molecule has 0 amide bonds. The molecular weight excluding hydrogens is 256 g/mol. The van der Waals surface area contributed by atoms with Gasteiger partial charge >= 0.3 is 0 Å². The molecule has 1 aromatic rings. The van der Waals surface area contributed by atoms with E-state index in [2.05, 4.69) is 36.4 Å². The van der Waals surface area contributed by atoms with Gasteiger partial charge in [-0.1, -0.05) is 6.07 Å². The minimum absolute atomic E-state index is 0.261. The highest BCUT2D eigenvalue weighted by Gasteiger charge is 2.33. The fourth-order valence-corrected chi connectivity index (χ4v) is 3.62. The van der Waals surface area contributed by atoms with Crippen molar-refractivity contribution >= 4 is 11.3 Å². The van der Waals surface area contributed by atoms with Crippen LogP contribution in [0, 0.1) is 5.41 Å². The molecule has 0 bridgehead atoms. The van der Waals surface area contributed by atoms with Gasteiger partial charge in [0.05, 0.1) is 0 Å². The first-order valence-corrected chi connectivity index (χ1v) is 8.04. The number of hydrogen-bond donors (Lipinski definition) is 1. The SMILES string of the molecule is CC(Cc1cccs1)N(C)CC1(CN)CCOCC1. The van der Waals surface area contributed by atoms with E-state index in [4.69, 9.17) is 10.5 Å². The molecule has 2 rings (SSSR count). The second-order valence-electron chi connectivity index (χ2n) is 5.86. The number of nitrogens with two attached hydrogens (primary N) is 1. The summed E-state index contributed by atoms with van der Waals surface area (Å²) in [6.45, 7) is 5.89. The Morgan fingerprint density at radius 2 is 2.21 bits per heavy atom. The van der Waals surface area contributed by atoms with Gasteiger partial charge in [0.2, 0.25) is 0 Å². The summed E-state index contributed by atoms with van der Waals surface area (Å²) in [4.78, 5) is 3.94. The lowest BCUT2D eigenvalue weighted by atomic mass is 9.79. The van der Waals surface area contributed by atoms with Gasteiger partial charge in [-0.25, -0.2) is 0 Å². The summed E-state index contributed by atoms with van der Waals surface area (Å²) in [5, 5.41) is 2.15. The van der Waals surface area contributed by atoms with Crippen molar-refractivity contribution in [3.8, 4) is 0 Å². The molecule has 0 radical (unpaired) electrons. The summed E-state index contributed by atoms with van der Waals surface area (Å²) in [6.07, 6.45) is 3.32. The molecule has 19 heavy (non-hydrogen) atoms. The van der Waals surface area contributed by atoms with Crippen molar-refractivity contribution in [1.29, 1.82) is 0 Å². The maximum absolute atomic E-state index is 6.04. The van der Waals surface area contributed by atoms with Gasteiger partial charge in [-0.15, -0.1) is 11.3 Å². The number of likely N-dealkylation sites (N-methyl/N-ethyl adjacent to an activating group) is 1. The van der Waals surface area contributed by atoms with Crippen LogP contribution in [0.15, 0.2) is 17.5 Å². The largest absolute Gasteiger partial charge is 0.381 e. The van der Waals surface area contributed by atoms with Gasteiger partial charge in [0.1, 0.15) is 0 Å². The second kappa shape index (κ2) is 6.84. The van der Waals surface area contributed by atoms with Crippen molar-refractivity contribution in [2.75, 3.05) is 33.4 Å². The molecule has 4 heteroatoms. The first-order valence-electron chi connectivity index (χ1n) is 7.16. The number of rotatable bonds is 6. The van der Waals surface area contributed by atoms with E-state index >= 15 is 0 Å². The summed E-state index contributed by atoms with van der Waals surface area (Å²) >= 11 is 1.85. The Bertz CT molecular complexity index is 360. The molecule has 0 aromatic carbocycles. The Hall–Kier alpha value is -0.420. The van der Waals surface area contributed by atoms with E-state index in [1.54, 1.807) is 0 Å². The van der Waals surface area contributed by atoms with Gasteiger partial charge < -0.3 is 15.4 Å². The minimum Gasteiger partial charge on any atom is -0.381 e. The van der Waals surface area contributed by atoms with E-state index in [1.807, 2.05) is 11.3 Å². The van der Waals surface area contributed by atoms with Crippen molar-refractivity contribution in [2.24, 2.45) is 11.1 Å². The van der Waals surface area contributed by atoms with E-state index < -0.39 is 0 Å². The molecule has 2 heterocycles. The van der Waals surface area contributed by atoms with Crippen LogP contribution < -0.4 is 5.73 Å². The summed E-state index contributed by atoms with van der Waals surface area (Å²) < 4.78 is 5.48. The molecule has 2 N–H and O–H groups in total. The third kappa shape index (κ3) is 4.02. The highest BCUT2D eigenvalue weighted by atomic mass is 32.1. The van der Waals surface area contributed by atoms with Crippen molar-refractivity contribution in [1.82, 2.24) is 4.90 Å². The monoisotopic (exact) mass is 282 g/mol. The standard InChI is InChI=1S/C15H26N2OS/c1-13(10-14-4-3-9-19-14)17(2)12-15(11-16)5-7-18-8-6-15/h3-4,9,13H,5-8,10-12,16H2,1-2H3. The molecule has 0 spiro atoms. The molecule has 1 unspecified atom stereocenters. The van der Waals surface area contributed by atoms with Gasteiger partial charge in [-0.3, -0.25) is 0 Å². The van der Waals surface area contributed by atoms with Crippen LogP contribution in [0.1, 0.15) is 24.6 Å². The highest BCUT2D eigenvalue weighted by molar-refractivity contribution is 7.09. The Morgan fingerprint density at radius 1 is 1.47 bits per heavy atom. The lowest BCUT2D eigenvalue weighted by Crippen LogP contribution is -2.47. The van der Waals surface area contributed by atoms with E-state index in [-0.39, 0.29) is 5.41 Å². The van der Waals surface area contributed by atoms with Crippen LogP contribution >= 0.6 is 11.3 Å². The molecule has 1 saturated heterocycles. The lowest BCUT2D eigenvalue weighted by molar-refractivity contribution is -0.00130. The van der Waals surface area contributed by atoms with Crippen molar-refractivity contribution in [3.63, 3.8) is 0 Å². The molecule has 1 aliphatic rings. The maximum atomic E-state index is 6.04. The summed E-state index contributed by atoms with van der Waals surface area (Å²) in [6, 6.07) is 4.92. The molecule has 1 fully saturated rings. The summed E-state index contributed by atoms with van der Waals surface area (Å²) in [5.41, 5.74) is 6.30. The zero-order chi connectivity index (χ0) is 13.7. The Balaban J connectivity index is 1.89. The van der Waals surface area contributed by atoms with E-state index in [0.29, 0.717) is 6.04 Å². The predicted molar refractivity (Wildman–Crippen MR) is 81.7 cm³/mol. The van der Waals surface area contributed by atoms with Crippen LogP contribution in [0.3, 0.4) is 0 Å². The fraction of sp³-hybridized carbons (Fsp3) is 0.733. The molecule has 3 nitrogen and oxygen atoms in total. The van der Waals surface area contributed by atoms with Crippen LogP contribution in [-0.2, 0) is 11.2 Å². The van der Waals surface area contributed by atoms with Crippen molar-refractivity contribution in [2.45, 2.75) is 32.2 Å². The maximum Gasteiger partial charge on any atom is 0.0472 e. The second-order valence-corrected chi connectivity index (χ2v) is 6.90. The van der Waals surface area contributed by atoms with Crippen molar-refractivity contribution < 1.29 is 4.74 Å². The first kappa shape index (κ1) is 15.0. The van der Waals surface area contributed by atoms with E-state index in [1.165, 1.54) is 4.88 Å². The van der Waals surface area contributed by atoms with E-state index in [9.17, 15) is 0 Å². The number of hydrogen-bond acceptors (Lipinski definition) is 4. The smallest absolute Gasteiger partial charge is 0.0472 e. The molecule has 108 valence electrons. The predicted octanol–water partition coefficient (Wildman–Crippen LogP) is 2.37. The zero-order valence-corrected chi connectivity index (χ0v) is 12.9. The number of thiophene rings is 1.